The molecule has 0 aliphatic rings. The number of H-pyrrole nitrogens is 1. The summed E-state index contributed by atoms with van der Waals surface area (Å²) in [7, 11) is 0. The molecule has 0 saturated heterocycles. The minimum Gasteiger partial charge on any atom is -0.370 e. The molecule has 1 heterocycles. The van der Waals surface area contributed by atoms with Crippen molar-refractivity contribution >= 4 is 64.1 Å². The predicted octanol–water partition coefficient (Wildman–Crippen LogP) is -1.61. The lowest BCUT2D eigenvalue weighted by molar-refractivity contribution is -0.140. The summed E-state index contributed by atoms with van der Waals surface area (Å²) < 4.78 is 0. The SMILES string of the molecule is CCCCN(CC(=O)NCC(=O)N[C@@H](CCCCN)C(=O)N[C@H](Cc1ccccc1)C(=O)N(CCCN=C(N)N)CC(=O)N[C@@H](Cc1c[nH]c2ccccc12)C(=O)NCC(N)=O)C(C)=O. The van der Waals surface area contributed by atoms with Crippen LogP contribution in [0.2, 0.25) is 0 Å². The van der Waals surface area contributed by atoms with Crippen molar-refractivity contribution in [3.05, 3.63) is 71.9 Å². The summed E-state index contributed by atoms with van der Waals surface area (Å²) in [6.07, 6.45) is 4.55. The van der Waals surface area contributed by atoms with Gasteiger partial charge in [-0.3, -0.25) is 43.3 Å². The van der Waals surface area contributed by atoms with E-state index in [9.17, 15) is 38.4 Å². The van der Waals surface area contributed by atoms with Gasteiger partial charge in [-0.25, -0.2) is 0 Å². The van der Waals surface area contributed by atoms with Crippen molar-refractivity contribution in [3.8, 4) is 0 Å². The monoisotopic (exact) mass is 904 g/mol. The number of nitrogens with two attached hydrogens (primary N) is 4. The molecule has 1 aromatic heterocycles. The lowest BCUT2D eigenvalue weighted by Gasteiger charge is -2.29. The average Bonchev–Trinajstić information content (AvgIpc) is 3.68. The van der Waals surface area contributed by atoms with Gasteiger partial charge in [0.15, 0.2) is 5.96 Å². The number of aromatic nitrogens is 1. The number of nitrogens with zero attached hydrogens (tertiary/aromatic N) is 3. The maximum absolute atomic E-state index is 14.7. The maximum atomic E-state index is 14.7. The van der Waals surface area contributed by atoms with Crippen LogP contribution in [-0.4, -0.2) is 138 Å². The average molecular weight is 904 g/mol. The van der Waals surface area contributed by atoms with E-state index in [0.717, 1.165) is 17.3 Å². The molecule has 0 spiro atoms. The van der Waals surface area contributed by atoms with E-state index < -0.39 is 79.1 Å². The number of hydrogen-bond donors (Lipinski definition) is 10. The van der Waals surface area contributed by atoms with Gasteiger partial charge in [-0.15, -0.1) is 0 Å². The molecule has 3 rings (SSSR count). The van der Waals surface area contributed by atoms with Gasteiger partial charge in [0.25, 0.3) is 0 Å². The Balaban J connectivity index is 1.88. The van der Waals surface area contributed by atoms with Crippen LogP contribution in [0.1, 0.15) is 63.5 Å². The Hall–Kier alpha value is -7.03. The third-order valence-electron chi connectivity index (χ3n) is 10.2. The zero-order valence-corrected chi connectivity index (χ0v) is 37.2. The second-order valence-corrected chi connectivity index (χ2v) is 15.5. The molecule has 14 N–H and O–H groups in total. The van der Waals surface area contributed by atoms with Crippen LogP contribution in [0.25, 0.3) is 10.9 Å². The molecule has 354 valence electrons. The van der Waals surface area contributed by atoms with Crippen molar-refractivity contribution in [2.75, 3.05) is 52.4 Å². The number of para-hydroxylation sites is 1. The van der Waals surface area contributed by atoms with Gasteiger partial charge in [0.1, 0.15) is 18.1 Å². The van der Waals surface area contributed by atoms with Gasteiger partial charge >= 0.3 is 0 Å². The first-order valence-corrected chi connectivity index (χ1v) is 21.7. The number of amides is 8. The third kappa shape index (κ3) is 19.1. The van der Waals surface area contributed by atoms with Gasteiger partial charge in [-0.05, 0) is 55.8 Å². The maximum Gasteiger partial charge on any atom is 0.245 e. The number of carbonyl (C=O) groups is 8. The van der Waals surface area contributed by atoms with E-state index in [1.54, 1.807) is 36.5 Å². The van der Waals surface area contributed by atoms with E-state index in [2.05, 4.69) is 36.6 Å². The number of hydrogen-bond acceptors (Lipinski definition) is 10. The van der Waals surface area contributed by atoms with E-state index in [0.29, 0.717) is 43.5 Å². The third-order valence-corrected chi connectivity index (χ3v) is 10.2. The quantitative estimate of drug-likeness (QED) is 0.0215. The number of aliphatic imine (C=N–C) groups is 1. The fourth-order valence-corrected chi connectivity index (χ4v) is 6.83. The first-order valence-electron chi connectivity index (χ1n) is 21.7. The van der Waals surface area contributed by atoms with Crippen molar-refractivity contribution in [1.82, 2.24) is 41.4 Å². The highest BCUT2D eigenvalue weighted by Crippen LogP contribution is 2.19. The van der Waals surface area contributed by atoms with Crippen LogP contribution < -0.4 is 49.5 Å². The second kappa shape index (κ2) is 27.9. The van der Waals surface area contributed by atoms with E-state index in [1.807, 2.05) is 31.2 Å². The van der Waals surface area contributed by atoms with Crippen molar-refractivity contribution in [1.29, 1.82) is 0 Å². The fourth-order valence-electron chi connectivity index (χ4n) is 6.83. The van der Waals surface area contributed by atoms with Crippen LogP contribution in [-0.2, 0) is 51.2 Å². The van der Waals surface area contributed by atoms with Crippen LogP contribution in [0.3, 0.4) is 0 Å². The number of carbonyl (C=O) groups excluding carboxylic acids is 8. The number of benzene rings is 2. The van der Waals surface area contributed by atoms with Crippen LogP contribution in [0.4, 0.5) is 0 Å². The fraction of sp³-hybridized carbons (Fsp3) is 0.477. The van der Waals surface area contributed by atoms with Crippen molar-refractivity contribution < 1.29 is 38.4 Å². The largest absolute Gasteiger partial charge is 0.370 e. The highest BCUT2D eigenvalue weighted by atomic mass is 16.2. The summed E-state index contributed by atoms with van der Waals surface area (Å²) in [6, 6.07) is 12.6. The minimum atomic E-state index is -1.27. The molecular weight excluding hydrogens is 839 g/mol. The second-order valence-electron chi connectivity index (χ2n) is 15.5. The molecular formula is C44H65N13O8. The van der Waals surface area contributed by atoms with Crippen molar-refractivity contribution in [2.45, 2.75) is 83.3 Å². The molecule has 65 heavy (non-hydrogen) atoms. The topological polar surface area (TPSA) is 335 Å². The lowest BCUT2D eigenvalue weighted by Crippen LogP contribution is -2.57. The normalized spacial score (nSPS) is 12.2. The van der Waals surface area contributed by atoms with Crippen LogP contribution in [0.5, 0.6) is 0 Å². The van der Waals surface area contributed by atoms with Crippen LogP contribution >= 0.6 is 0 Å². The molecule has 2 aromatic carbocycles. The number of unbranched alkanes of at least 4 members (excludes halogenated alkanes) is 2. The van der Waals surface area contributed by atoms with Gasteiger partial charge in [0, 0.05) is 56.5 Å². The Kier molecular flexibility index (Phi) is 22.5. The van der Waals surface area contributed by atoms with E-state index >= 15 is 0 Å². The highest BCUT2D eigenvalue weighted by Gasteiger charge is 2.32. The Bertz CT molecular complexity index is 2090. The summed E-state index contributed by atoms with van der Waals surface area (Å²) in [4.78, 5) is 115. The Morgan fingerprint density at radius 2 is 1.37 bits per heavy atom. The number of guanidine groups is 1. The standard InChI is InChI=1S/C44H65N13O8/c1-3-4-20-56(29(2)58)27-39(61)51-26-38(60)53-34(17-10-11-18-45)42(64)55-36(22-30-13-6-5-7-14-30)43(65)57(21-12-19-49-44(47)48)28-40(62)54-35(41(63)52-25-37(46)59)23-31-24-50-33-16-9-8-15-32(31)33/h5-9,13-16,24,34-36,50H,3-4,10-12,17-23,25-28,45H2,1-2H3,(H2,46,59)(H,51,61)(H,52,63)(H,53,60)(H,54,62)(H,55,64)(H4,47,48,49)/t34-,35-,36+/m0/s1. The number of nitrogens with one attached hydrogen (secondary N) is 6. The molecule has 8 amide bonds. The van der Waals surface area contributed by atoms with Crippen LogP contribution in [0, 0.1) is 0 Å². The van der Waals surface area contributed by atoms with E-state index in [4.69, 9.17) is 22.9 Å². The summed E-state index contributed by atoms with van der Waals surface area (Å²) in [5.41, 5.74) is 24.3. The molecule has 0 radical (unpaired) electrons. The van der Waals surface area contributed by atoms with Gasteiger partial charge in [-0.2, -0.15) is 0 Å². The lowest BCUT2D eigenvalue weighted by atomic mass is 10.0. The zero-order valence-electron chi connectivity index (χ0n) is 37.2. The molecule has 0 aliphatic carbocycles. The first kappa shape index (κ1) is 52.3. The molecule has 3 aromatic rings. The number of fused-ring (bicyclic) bond motifs is 1. The minimum absolute atomic E-state index is 0.0135. The number of rotatable bonds is 29. The summed E-state index contributed by atoms with van der Waals surface area (Å²) in [5, 5.41) is 13.9. The molecule has 0 saturated carbocycles. The number of primary amides is 1. The molecule has 21 nitrogen and oxygen atoms in total. The zero-order chi connectivity index (χ0) is 47.7. The predicted molar refractivity (Wildman–Crippen MR) is 245 cm³/mol. The highest BCUT2D eigenvalue weighted by molar-refractivity contribution is 5.96. The molecule has 3 atom stereocenters. The summed E-state index contributed by atoms with van der Waals surface area (Å²) in [6.45, 7) is 2.31. The van der Waals surface area contributed by atoms with E-state index in [-0.39, 0.29) is 57.2 Å². The first-order chi connectivity index (χ1) is 31.1. The van der Waals surface area contributed by atoms with Gasteiger partial charge in [0.2, 0.25) is 47.3 Å². The van der Waals surface area contributed by atoms with Crippen LogP contribution in [0.15, 0.2) is 65.8 Å². The summed E-state index contributed by atoms with van der Waals surface area (Å²) >= 11 is 0. The van der Waals surface area contributed by atoms with E-state index in [1.165, 1.54) is 16.7 Å². The molecule has 0 fully saturated rings. The Morgan fingerprint density at radius 1 is 0.692 bits per heavy atom. The molecule has 0 unspecified atom stereocenters. The van der Waals surface area contributed by atoms with Gasteiger partial charge in [0.05, 0.1) is 26.2 Å². The Labute approximate surface area is 378 Å². The molecule has 21 heteroatoms. The smallest absolute Gasteiger partial charge is 0.245 e. The summed E-state index contributed by atoms with van der Waals surface area (Å²) in [5.74, 6) is -5.25. The van der Waals surface area contributed by atoms with Crippen molar-refractivity contribution in [3.63, 3.8) is 0 Å². The number of aromatic amines is 1. The Morgan fingerprint density at radius 3 is 2.05 bits per heavy atom. The van der Waals surface area contributed by atoms with Gasteiger partial charge < -0.3 is 64.3 Å². The van der Waals surface area contributed by atoms with Crippen molar-refractivity contribution in [2.24, 2.45) is 27.9 Å². The van der Waals surface area contributed by atoms with Gasteiger partial charge in [-0.1, -0.05) is 61.9 Å². The molecule has 0 bridgehead atoms. The molecule has 0 aliphatic heterocycles.